The average Bonchev–Trinajstić information content (AvgIpc) is 2.82. The molecule has 0 amide bonds. The number of rotatable bonds is 7. The van der Waals surface area contributed by atoms with Crippen LogP contribution < -0.4 is 10.6 Å². The number of hydrogen-bond donors (Lipinski definition) is 3. The summed E-state index contributed by atoms with van der Waals surface area (Å²) in [4.78, 5) is 31.1. The van der Waals surface area contributed by atoms with E-state index in [1.54, 1.807) is 12.1 Å². The Bertz CT molecular complexity index is 1240. The van der Waals surface area contributed by atoms with E-state index in [-0.39, 0.29) is 55.7 Å². The molecule has 3 N–H and O–H groups in total. The second-order valence-electron chi connectivity index (χ2n) is 8.08. The molecule has 184 valence electrons. The van der Waals surface area contributed by atoms with Gasteiger partial charge in [-0.2, -0.15) is 18.2 Å². The predicted octanol–water partition coefficient (Wildman–Crippen LogP) is 4.24. The molecule has 1 aliphatic rings. The molecule has 3 aromatic rings. The average molecular weight is 490 g/mol. The summed E-state index contributed by atoms with van der Waals surface area (Å²) in [5.74, 6) is -0.549. The SMILES string of the molecule is O=C(O)c1ccc(CNc2nc(NC3CCN(C(F)(F)F)CC3)nc3ccc([N+](=O)[O-])cc23)cc1. The highest BCUT2D eigenvalue weighted by Gasteiger charge is 2.39. The maximum absolute atomic E-state index is 12.9. The number of carboxylic acids is 1. The van der Waals surface area contributed by atoms with Gasteiger partial charge >= 0.3 is 12.3 Å². The van der Waals surface area contributed by atoms with Gasteiger partial charge in [0.25, 0.3) is 5.69 Å². The van der Waals surface area contributed by atoms with Crippen LogP contribution in [-0.4, -0.2) is 56.3 Å². The van der Waals surface area contributed by atoms with Crippen molar-refractivity contribution in [3.05, 3.63) is 63.7 Å². The van der Waals surface area contributed by atoms with Gasteiger partial charge in [0.1, 0.15) is 5.82 Å². The van der Waals surface area contributed by atoms with Gasteiger partial charge in [0.05, 0.1) is 16.0 Å². The van der Waals surface area contributed by atoms with Gasteiger partial charge in [-0.3, -0.25) is 10.1 Å². The van der Waals surface area contributed by atoms with Crippen molar-refractivity contribution >= 4 is 34.3 Å². The molecular formula is C22H21F3N6O4. The van der Waals surface area contributed by atoms with Crippen LogP contribution in [0.5, 0.6) is 0 Å². The Morgan fingerprint density at radius 1 is 1.14 bits per heavy atom. The molecule has 0 spiro atoms. The van der Waals surface area contributed by atoms with Gasteiger partial charge in [-0.15, -0.1) is 0 Å². The van der Waals surface area contributed by atoms with Crippen LogP contribution in [0.3, 0.4) is 0 Å². The number of nitro benzene ring substituents is 1. The first kappa shape index (κ1) is 24.1. The van der Waals surface area contributed by atoms with E-state index in [0.29, 0.717) is 21.6 Å². The number of nitrogens with zero attached hydrogens (tertiary/aromatic N) is 4. The van der Waals surface area contributed by atoms with Crippen LogP contribution in [-0.2, 0) is 6.54 Å². The smallest absolute Gasteiger partial charge is 0.459 e. The Labute approximate surface area is 196 Å². The van der Waals surface area contributed by atoms with Crippen LogP contribution in [0.1, 0.15) is 28.8 Å². The Kier molecular flexibility index (Phi) is 6.69. The van der Waals surface area contributed by atoms with Gasteiger partial charge < -0.3 is 15.7 Å². The van der Waals surface area contributed by atoms with Crippen LogP contribution >= 0.6 is 0 Å². The fourth-order valence-electron chi connectivity index (χ4n) is 3.84. The second-order valence-corrected chi connectivity index (χ2v) is 8.08. The number of alkyl halides is 3. The van der Waals surface area contributed by atoms with Crippen molar-refractivity contribution in [3.8, 4) is 0 Å². The standard InChI is InChI=1S/C22H21F3N6O4/c23-22(24,25)30-9-7-15(8-10-30)27-21-28-18-6-5-16(31(34)35)11-17(18)19(29-21)26-12-13-1-3-14(4-2-13)20(32)33/h1-6,11,15H,7-10,12H2,(H,32,33)(H2,26,27,28,29). The summed E-state index contributed by atoms with van der Waals surface area (Å²) in [5.41, 5.74) is 1.17. The minimum absolute atomic E-state index is 0.139. The molecule has 1 aromatic heterocycles. The van der Waals surface area contributed by atoms with Gasteiger partial charge in [-0.25, -0.2) is 14.7 Å². The molecule has 35 heavy (non-hydrogen) atoms. The lowest BCUT2D eigenvalue weighted by molar-refractivity contribution is -0.384. The van der Waals surface area contributed by atoms with Crippen molar-refractivity contribution in [2.24, 2.45) is 0 Å². The van der Waals surface area contributed by atoms with E-state index in [9.17, 15) is 28.1 Å². The molecule has 0 unspecified atom stereocenters. The molecule has 0 radical (unpaired) electrons. The number of benzene rings is 2. The van der Waals surface area contributed by atoms with E-state index in [4.69, 9.17) is 5.11 Å². The zero-order valence-corrected chi connectivity index (χ0v) is 18.2. The number of hydrogen-bond acceptors (Lipinski definition) is 8. The number of carbonyl (C=O) groups is 1. The summed E-state index contributed by atoms with van der Waals surface area (Å²) in [6.07, 6.45) is -3.86. The first-order valence-electron chi connectivity index (χ1n) is 10.7. The number of anilines is 2. The van der Waals surface area contributed by atoms with Crippen molar-refractivity contribution in [1.82, 2.24) is 14.9 Å². The number of halogens is 3. The third kappa shape index (κ3) is 5.74. The minimum atomic E-state index is -4.36. The Balaban J connectivity index is 1.57. The van der Waals surface area contributed by atoms with E-state index in [1.165, 1.54) is 30.3 Å². The summed E-state index contributed by atoms with van der Waals surface area (Å²) >= 11 is 0. The van der Waals surface area contributed by atoms with Crippen molar-refractivity contribution in [3.63, 3.8) is 0 Å². The Morgan fingerprint density at radius 2 is 1.83 bits per heavy atom. The third-order valence-electron chi connectivity index (χ3n) is 5.74. The highest BCUT2D eigenvalue weighted by atomic mass is 19.4. The third-order valence-corrected chi connectivity index (χ3v) is 5.74. The Hall–Kier alpha value is -4.00. The molecule has 2 aromatic carbocycles. The molecule has 0 saturated carbocycles. The van der Waals surface area contributed by atoms with Crippen LogP contribution in [0, 0.1) is 10.1 Å². The maximum atomic E-state index is 12.9. The van der Waals surface area contributed by atoms with E-state index < -0.39 is 17.2 Å². The molecule has 4 rings (SSSR count). The number of aromatic carboxylic acids is 1. The number of piperidine rings is 1. The lowest BCUT2D eigenvalue weighted by Crippen LogP contribution is -2.46. The molecule has 1 fully saturated rings. The predicted molar refractivity (Wildman–Crippen MR) is 121 cm³/mol. The zero-order chi connectivity index (χ0) is 25.2. The van der Waals surface area contributed by atoms with Crippen molar-refractivity contribution in [2.75, 3.05) is 23.7 Å². The Morgan fingerprint density at radius 3 is 2.43 bits per heavy atom. The van der Waals surface area contributed by atoms with Crippen molar-refractivity contribution in [1.29, 1.82) is 0 Å². The summed E-state index contributed by atoms with van der Waals surface area (Å²) in [7, 11) is 0. The topological polar surface area (TPSA) is 134 Å². The number of nitro groups is 1. The van der Waals surface area contributed by atoms with Crippen LogP contribution in [0.25, 0.3) is 10.9 Å². The summed E-state index contributed by atoms with van der Waals surface area (Å²) < 4.78 is 38.7. The van der Waals surface area contributed by atoms with E-state index >= 15 is 0 Å². The van der Waals surface area contributed by atoms with Crippen molar-refractivity contribution < 1.29 is 28.0 Å². The molecule has 0 aliphatic carbocycles. The molecule has 10 nitrogen and oxygen atoms in total. The van der Waals surface area contributed by atoms with Gasteiger partial charge in [-0.05, 0) is 36.6 Å². The lowest BCUT2D eigenvalue weighted by atomic mass is 10.1. The van der Waals surface area contributed by atoms with Crippen LogP contribution in [0.2, 0.25) is 0 Å². The first-order chi connectivity index (χ1) is 16.6. The van der Waals surface area contributed by atoms with E-state index in [2.05, 4.69) is 20.6 Å². The molecule has 1 aliphatic heterocycles. The number of aromatic nitrogens is 2. The van der Waals surface area contributed by atoms with Crippen LogP contribution in [0.15, 0.2) is 42.5 Å². The summed E-state index contributed by atoms with van der Waals surface area (Å²) in [6.45, 7) is -0.0328. The molecule has 1 saturated heterocycles. The summed E-state index contributed by atoms with van der Waals surface area (Å²) in [5, 5.41) is 26.9. The van der Waals surface area contributed by atoms with Gasteiger partial charge in [0, 0.05) is 43.2 Å². The number of likely N-dealkylation sites (tertiary alicyclic amines) is 1. The quantitative estimate of drug-likeness (QED) is 0.253. The lowest BCUT2D eigenvalue weighted by Gasteiger charge is -2.33. The molecule has 13 heteroatoms. The van der Waals surface area contributed by atoms with Gasteiger partial charge in [0.2, 0.25) is 5.95 Å². The maximum Gasteiger partial charge on any atom is 0.459 e. The highest BCUT2D eigenvalue weighted by molar-refractivity contribution is 5.92. The van der Waals surface area contributed by atoms with Gasteiger partial charge in [0.15, 0.2) is 0 Å². The first-order valence-corrected chi connectivity index (χ1v) is 10.7. The number of fused-ring (bicyclic) bond motifs is 1. The zero-order valence-electron chi connectivity index (χ0n) is 18.2. The summed E-state index contributed by atoms with van der Waals surface area (Å²) in [6, 6.07) is 10.1. The van der Waals surface area contributed by atoms with Crippen molar-refractivity contribution in [2.45, 2.75) is 31.7 Å². The largest absolute Gasteiger partial charge is 0.478 e. The normalized spacial score (nSPS) is 15.2. The molecule has 2 heterocycles. The number of carboxylic acid groups (broad SMARTS) is 1. The minimum Gasteiger partial charge on any atom is -0.478 e. The van der Waals surface area contributed by atoms with Gasteiger partial charge in [-0.1, -0.05) is 12.1 Å². The second kappa shape index (κ2) is 9.70. The fourth-order valence-corrected chi connectivity index (χ4v) is 3.84. The molecule has 0 atom stereocenters. The molecular weight excluding hydrogens is 469 g/mol. The van der Waals surface area contributed by atoms with E-state index in [1.807, 2.05) is 0 Å². The fraction of sp³-hybridized carbons (Fsp3) is 0.318. The molecule has 0 bridgehead atoms. The highest BCUT2D eigenvalue weighted by Crippen LogP contribution is 2.29. The number of non-ortho nitro benzene ring substituents is 1. The van der Waals surface area contributed by atoms with E-state index in [0.717, 1.165) is 5.56 Å². The number of nitrogens with one attached hydrogen (secondary N) is 2. The van der Waals surface area contributed by atoms with Crippen LogP contribution in [0.4, 0.5) is 30.6 Å². The monoisotopic (exact) mass is 490 g/mol.